The second kappa shape index (κ2) is 6.51. The highest BCUT2D eigenvalue weighted by Crippen LogP contribution is 2.32. The predicted molar refractivity (Wildman–Crippen MR) is 66.7 cm³/mol. The molecule has 100 valence electrons. The molecule has 0 aliphatic rings. The standard InChI is InChI=1S/C11H14ClFN2O3/c1-7(2)14-3-4-18-11-5-8(12)9(13)6-10(11)15(16)17/h5-7,14H,3-4H2,1-2H3. The Morgan fingerprint density at radius 1 is 1.56 bits per heavy atom. The zero-order valence-corrected chi connectivity index (χ0v) is 10.8. The van der Waals surface area contributed by atoms with Crippen molar-refractivity contribution in [2.75, 3.05) is 13.2 Å². The Morgan fingerprint density at radius 2 is 2.22 bits per heavy atom. The van der Waals surface area contributed by atoms with Gasteiger partial charge in [-0.15, -0.1) is 0 Å². The number of hydrogen-bond acceptors (Lipinski definition) is 4. The number of nitro groups is 1. The fourth-order valence-corrected chi connectivity index (χ4v) is 1.44. The van der Waals surface area contributed by atoms with Crippen LogP contribution in [0, 0.1) is 15.9 Å². The molecule has 18 heavy (non-hydrogen) atoms. The Bertz CT molecular complexity index is 441. The molecule has 0 heterocycles. The molecule has 0 bridgehead atoms. The Hall–Kier alpha value is -1.40. The highest BCUT2D eigenvalue weighted by Gasteiger charge is 2.19. The van der Waals surface area contributed by atoms with E-state index in [1.54, 1.807) is 0 Å². The van der Waals surface area contributed by atoms with Crippen LogP contribution in [-0.2, 0) is 0 Å². The maximum atomic E-state index is 13.1. The van der Waals surface area contributed by atoms with Gasteiger partial charge in [0.25, 0.3) is 0 Å². The van der Waals surface area contributed by atoms with Crippen LogP contribution in [0.3, 0.4) is 0 Å². The Kier molecular flexibility index (Phi) is 5.30. The van der Waals surface area contributed by atoms with Crippen molar-refractivity contribution >= 4 is 17.3 Å². The van der Waals surface area contributed by atoms with E-state index in [9.17, 15) is 14.5 Å². The fourth-order valence-electron chi connectivity index (χ4n) is 1.28. The number of nitrogens with one attached hydrogen (secondary N) is 1. The lowest BCUT2D eigenvalue weighted by molar-refractivity contribution is -0.386. The van der Waals surface area contributed by atoms with Crippen molar-refractivity contribution in [2.45, 2.75) is 19.9 Å². The molecule has 1 aromatic carbocycles. The van der Waals surface area contributed by atoms with E-state index in [0.29, 0.717) is 12.6 Å². The Morgan fingerprint density at radius 3 is 2.78 bits per heavy atom. The molecule has 0 atom stereocenters. The first-order valence-electron chi connectivity index (χ1n) is 5.41. The third-order valence-electron chi connectivity index (χ3n) is 2.11. The second-order valence-corrected chi connectivity index (χ2v) is 4.36. The van der Waals surface area contributed by atoms with Crippen molar-refractivity contribution in [3.63, 3.8) is 0 Å². The van der Waals surface area contributed by atoms with Crippen LogP contribution in [0.2, 0.25) is 5.02 Å². The summed E-state index contributed by atoms with van der Waals surface area (Å²) in [5.74, 6) is -0.868. The molecule has 0 saturated carbocycles. The van der Waals surface area contributed by atoms with E-state index in [2.05, 4.69) is 5.32 Å². The van der Waals surface area contributed by atoms with Gasteiger partial charge < -0.3 is 10.1 Å². The molecule has 1 N–H and O–H groups in total. The molecule has 5 nitrogen and oxygen atoms in total. The largest absolute Gasteiger partial charge is 0.485 e. The maximum Gasteiger partial charge on any atom is 0.313 e. The van der Waals surface area contributed by atoms with Crippen molar-refractivity contribution < 1.29 is 14.1 Å². The van der Waals surface area contributed by atoms with Crippen molar-refractivity contribution in [1.82, 2.24) is 5.32 Å². The first-order valence-corrected chi connectivity index (χ1v) is 5.79. The molecular weight excluding hydrogens is 263 g/mol. The van der Waals surface area contributed by atoms with Gasteiger partial charge >= 0.3 is 5.69 Å². The molecule has 0 aliphatic carbocycles. The molecule has 0 aromatic heterocycles. The number of ether oxygens (including phenoxy) is 1. The van der Waals surface area contributed by atoms with Crippen LogP contribution in [0.25, 0.3) is 0 Å². The summed E-state index contributed by atoms with van der Waals surface area (Å²) in [5.41, 5.74) is -0.429. The van der Waals surface area contributed by atoms with E-state index in [1.807, 2.05) is 13.8 Å². The maximum absolute atomic E-state index is 13.1. The lowest BCUT2D eigenvalue weighted by atomic mass is 10.3. The van der Waals surface area contributed by atoms with Crippen molar-refractivity contribution in [1.29, 1.82) is 0 Å². The van der Waals surface area contributed by atoms with Gasteiger partial charge in [-0.3, -0.25) is 10.1 Å². The Balaban J connectivity index is 2.74. The summed E-state index contributed by atoms with van der Waals surface area (Å²) in [5, 5.41) is 13.6. The average molecular weight is 277 g/mol. The highest BCUT2D eigenvalue weighted by molar-refractivity contribution is 6.31. The molecule has 1 aromatic rings. The minimum atomic E-state index is -0.837. The van der Waals surface area contributed by atoms with Gasteiger partial charge in [0.1, 0.15) is 12.4 Å². The van der Waals surface area contributed by atoms with Gasteiger partial charge in [-0.1, -0.05) is 25.4 Å². The molecule has 0 radical (unpaired) electrons. The summed E-state index contributed by atoms with van der Waals surface area (Å²) in [6.07, 6.45) is 0. The third kappa shape index (κ3) is 4.12. The zero-order valence-electron chi connectivity index (χ0n) is 10.1. The second-order valence-electron chi connectivity index (χ2n) is 3.95. The van der Waals surface area contributed by atoms with E-state index in [-0.39, 0.29) is 17.4 Å². The molecule has 7 heteroatoms. The number of nitrogens with zero attached hydrogens (tertiary/aromatic N) is 1. The molecular formula is C11H14ClFN2O3. The summed E-state index contributed by atoms with van der Waals surface area (Å²) >= 11 is 5.56. The number of nitro benzene ring substituents is 1. The quantitative estimate of drug-likeness (QED) is 0.493. The molecule has 0 fully saturated rings. The SMILES string of the molecule is CC(C)NCCOc1cc(Cl)c(F)cc1[N+](=O)[O-]. The van der Waals surface area contributed by atoms with Crippen LogP contribution in [0.4, 0.5) is 10.1 Å². The Labute approximate surface area is 109 Å². The van der Waals surface area contributed by atoms with Crippen LogP contribution < -0.4 is 10.1 Å². The topological polar surface area (TPSA) is 64.4 Å². The number of hydrogen-bond donors (Lipinski definition) is 1. The predicted octanol–water partition coefficient (Wildman–Crippen LogP) is 2.76. The van der Waals surface area contributed by atoms with E-state index in [4.69, 9.17) is 16.3 Å². The van der Waals surface area contributed by atoms with E-state index in [0.717, 1.165) is 12.1 Å². The first kappa shape index (κ1) is 14.7. The van der Waals surface area contributed by atoms with Crippen LogP contribution >= 0.6 is 11.6 Å². The van der Waals surface area contributed by atoms with Crippen molar-refractivity contribution in [2.24, 2.45) is 0 Å². The summed E-state index contributed by atoms with van der Waals surface area (Å²) in [6, 6.07) is 2.16. The van der Waals surface area contributed by atoms with Gasteiger partial charge in [-0.25, -0.2) is 4.39 Å². The summed E-state index contributed by atoms with van der Waals surface area (Å²) in [6.45, 7) is 4.71. The fraction of sp³-hybridized carbons (Fsp3) is 0.455. The van der Waals surface area contributed by atoms with Crippen molar-refractivity contribution in [3.8, 4) is 5.75 Å². The van der Waals surface area contributed by atoms with Gasteiger partial charge in [-0.05, 0) is 0 Å². The smallest absolute Gasteiger partial charge is 0.313 e. The molecule has 0 saturated heterocycles. The lowest BCUT2D eigenvalue weighted by Crippen LogP contribution is -2.27. The van der Waals surface area contributed by atoms with E-state index in [1.165, 1.54) is 0 Å². The van der Waals surface area contributed by atoms with Gasteiger partial charge in [-0.2, -0.15) is 0 Å². The van der Waals surface area contributed by atoms with Crippen molar-refractivity contribution in [3.05, 3.63) is 33.1 Å². The van der Waals surface area contributed by atoms with Gasteiger partial charge in [0.05, 0.1) is 16.0 Å². The van der Waals surface area contributed by atoms with Crippen LogP contribution in [0.15, 0.2) is 12.1 Å². The van der Waals surface area contributed by atoms with Gasteiger partial charge in [0.2, 0.25) is 0 Å². The summed E-state index contributed by atoms with van der Waals surface area (Å²) < 4.78 is 18.3. The molecule has 0 aliphatic heterocycles. The first-order chi connectivity index (χ1) is 8.41. The molecule has 0 spiro atoms. The third-order valence-corrected chi connectivity index (χ3v) is 2.40. The van der Waals surface area contributed by atoms with Crippen LogP contribution in [0.1, 0.15) is 13.8 Å². The minimum absolute atomic E-state index is 0.0306. The summed E-state index contributed by atoms with van der Waals surface area (Å²) in [4.78, 5) is 10.0. The highest BCUT2D eigenvalue weighted by atomic mass is 35.5. The molecule has 1 rings (SSSR count). The van der Waals surface area contributed by atoms with E-state index >= 15 is 0 Å². The molecule has 0 unspecified atom stereocenters. The molecule has 0 amide bonds. The number of rotatable bonds is 6. The average Bonchev–Trinajstić information content (AvgIpc) is 2.28. The number of halogens is 2. The van der Waals surface area contributed by atoms with Gasteiger partial charge in [0.15, 0.2) is 5.75 Å². The lowest BCUT2D eigenvalue weighted by Gasteiger charge is -2.10. The normalized spacial score (nSPS) is 10.7. The van der Waals surface area contributed by atoms with Crippen LogP contribution in [-0.4, -0.2) is 24.1 Å². The number of benzene rings is 1. The van der Waals surface area contributed by atoms with Crippen LogP contribution in [0.5, 0.6) is 5.75 Å². The monoisotopic (exact) mass is 276 g/mol. The summed E-state index contributed by atoms with van der Waals surface area (Å²) in [7, 11) is 0. The zero-order chi connectivity index (χ0) is 13.7. The van der Waals surface area contributed by atoms with E-state index < -0.39 is 16.4 Å². The minimum Gasteiger partial charge on any atom is -0.485 e. The van der Waals surface area contributed by atoms with Gasteiger partial charge in [0, 0.05) is 18.7 Å².